The molecule has 1 aromatic carbocycles. The molecule has 9 heteroatoms. The number of fused-ring (bicyclic) bond motifs is 1. The number of hydrogen-bond acceptors (Lipinski definition) is 5. The number of carbonyl (C=O) groups excluding carboxylic acids is 2. The lowest BCUT2D eigenvalue weighted by atomic mass is 10.1. The molecule has 0 radical (unpaired) electrons. The van der Waals surface area contributed by atoms with Gasteiger partial charge >= 0.3 is 0 Å². The number of rotatable bonds is 7. The summed E-state index contributed by atoms with van der Waals surface area (Å²) in [7, 11) is 0. The highest BCUT2D eigenvalue weighted by atomic mass is 16.2. The second-order valence-electron chi connectivity index (χ2n) is 10.4. The van der Waals surface area contributed by atoms with Gasteiger partial charge in [0.1, 0.15) is 6.54 Å². The fourth-order valence-electron chi connectivity index (χ4n) is 4.32. The summed E-state index contributed by atoms with van der Waals surface area (Å²) < 4.78 is 3.49. The fraction of sp³-hybridized carbons (Fsp3) is 0.370. The quantitative estimate of drug-likeness (QED) is 0.409. The zero-order valence-corrected chi connectivity index (χ0v) is 21.1. The van der Waals surface area contributed by atoms with Crippen LogP contribution in [0.1, 0.15) is 66.8 Å². The Morgan fingerprint density at radius 2 is 1.94 bits per heavy atom. The predicted octanol–water partition coefficient (Wildman–Crippen LogP) is 4.14. The van der Waals surface area contributed by atoms with Crippen LogP contribution in [0, 0.1) is 6.92 Å². The van der Waals surface area contributed by atoms with Crippen molar-refractivity contribution in [2.24, 2.45) is 0 Å². The fourth-order valence-corrected chi connectivity index (χ4v) is 4.32. The van der Waals surface area contributed by atoms with Gasteiger partial charge in [-0.2, -0.15) is 10.2 Å². The maximum Gasteiger partial charge on any atom is 0.252 e. The third kappa shape index (κ3) is 5.00. The van der Waals surface area contributed by atoms with Crippen LogP contribution in [-0.2, 0) is 23.4 Å². The summed E-state index contributed by atoms with van der Waals surface area (Å²) in [5.74, 6) is 0.0820. The van der Waals surface area contributed by atoms with E-state index in [-0.39, 0.29) is 23.9 Å². The van der Waals surface area contributed by atoms with Crippen LogP contribution in [-0.4, -0.2) is 36.4 Å². The molecule has 1 fully saturated rings. The van der Waals surface area contributed by atoms with E-state index in [2.05, 4.69) is 36.5 Å². The Bertz CT molecular complexity index is 1430. The minimum absolute atomic E-state index is 0.136. The van der Waals surface area contributed by atoms with Crippen molar-refractivity contribution in [2.45, 2.75) is 65.1 Å². The molecule has 2 N–H and O–H groups in total. The van der Waals surface area contributed by atoms with Crippen molar-refractivity contribution in [2.75, 3.05) is 5.32 Å². The highest BCUT2D eigenvalue weighted by molar-refractivity contribution is 6.06. The van der Waals surface area contributed by atoms with E-state index in [0.29, 0.717) is 23.7 Å². The number of nitrogens with one attached hydrogen (secondary N) is 2. The molecule has 1 aliphatic carbocycles. The summed E-state index contributed by atoms with van der Waals surface area (Å²) in [4.78, 5) is 30.7. The van der Waals surface area contributed by atoms with Crippen LogP contribution in [0.3, 0.4) is 0 Å². The van der Waals surface area contributed by atoms with Gasteiger partial charge in [-0.05, 0) is 70.4 Å². The van der Waals surface area contributed by atoms with E-state index >= 15 is 0 Å². The molecule has 186 valence electrons. The third-order valence-electron chi connectivity index (χ3n) is 6.24. The van der Waals surface area contributed by atoms with E-state index in [9.17, 15) is 9.59 Å². The lowest BCUT2D eigenvalue weighted by Gasteiger charge is -2.20. The number of benzene rings is 1. The largest absolute Gasteiger partial charge is 0.348 e. The van der Waals surface area contributed by atoms with Crippen molar-refractivity contribution in [1.29, 1.82) is 0 Å². The molecule has 1 aliphatic rings. The first-order valence-electron chi connectivity index (χ1n) is 12.2. The number of pyridine rings is 1. The maximum absolute atomic E-state index is 13.4. The summed E-state index contributed by atoms with van der Waals surface area (Å²) in [6, 6.07) is 11.2. The van der Waals surface area contributed by atoms with E-state index in [1.807, 2.05) is 41.9 Å². The minimum atomic E-state index is -0.252. The van der Waals surface area contributed by atoms with Gasteiger partial charge in [0.2, 0.25) is 5.91 Å². The van der Waals surface area contributed by atoms with Crippen LogP contribution in [0.25, 0.3) is 11.0 Å². The van der Waals surface area contributed by atoms with E-state index in [1.165, 1.54) is 0 Å². The van der Waals surface area contributed by atoms with Crippen LogP contribution in [0.2, 0.25) is 0 Å². The average Bonchev–Trinajstić information content (AvgIpc) is 3.45. The van der Waals surface area contributed by atoms with E-state index < -0.39 is 0 Å². The first kappa shape index (κ1) is 23.7. The Hall–Kier alpha value is -4.01. The van der Waals surface area contributed by atoms with Gasteiger partial charge in [-0.25, -0.2) is 9.67 Å². The van der Waals surface area contributed by atoms with Gasteiger partial charge in [-0.3, -0.25) is 14.3 Å². The van der Waals surface area contributed by atoms with Crippen molar-refractivity contribution < 1.29 is 9.59 Å². The Morgan fingerprint density at radius 3 is 2.64 bits per heavy atom. The van der Waals surface area contributed by atoms with Crippen LogP contribution >= 0.6 is 0 Å². The highest BCUT2D eigenvalue weighted by Crippen LogP contribution is 2.41. The lowest BCUT2D eigenvalue weighted by molar-refractivity contribution is -0.116. The van der Waals surface area contributed by atoms with E-state index in [1.54, 1.807) is 23.1 Å². The molecule has 3 heterocycles. The molecule has 0 saturated heterocycles. The second-order valence-corrected chi connectivity index (χ2v) is 10.4. The molecule has 0 unspecified atom stereocenters. The molecule has 1 saturated carbocycles. The highest BCUT2D eigenvalue weighted by Gasteiger charge is 2.30. The topological polar surface area (TPSA) is 107 Å². The van der Waals surface area contributed by atoms with E-state index in [4.69, 9.17) is 10.1 Å². The standard InChI is InChI=1S/C27H31N7O2/c1-17-24-21(14-22(19-9-10-19)31-25(24)34(32-17)27(2,3)4)26(36)28-15-18-7-5-8-20(13-18)30-23(35)16-33-12-6-11-29-33/h5-8,11-14,19H,9-10,15-16H2,1-4H3,(H,28,36)(H,30,35). The molecule has 0 atom stereocenters. The zero-order chi connectivity index (χ0) is 25.4. The van der Waals surface area contributed by atoms with Crippen molar-refractivity contribution in [3.8, 4) is 0 Å². The van der Waals surface area contributed by atoms with Crippen molar-refractivity contribution in [1.82, 2.24) is 29.9 Å². The summed E-state index contributed by atoms with van der Waals surface area (Å²) in [6.45, 7) is 8.66. The molecule has 9 nitrogen and oxygen atoms in total. The van der Waals surface area contributed by atoms with Crippen molar-refractivity contribution >= 4 is 28.5 Å². The summed E-state index contributed by atoms with van der Waals surface area (Å²) in [6.07, 6.45) is 5.57. The molecular formula is C27H31N7O2. The van der Waals surface area contributed by atoms with Crippen LogP contribution in [0.5, 0.6) is 0 Å². The molecule has 5 rings (SSSR count). The monoisotopic (exact) mass is 485 g/mol. The number of aryl methyl sites for hydroxylation is 1. The number of hydrogen-bond donors (Lipinski definition) is 2. The number of carbonyl (C=O) groups is 2. The Balaban J connectivity index is 1.35. The molecule has 2 amide bonds. The van der Waals surface area contributed by atoms with Gasteiger partial charge in [0.25, 0.3) is 5.91 Å². The minimum Gasteiger partial charge on any atom is -0.348 e. The van der Waals surface area contributed by atoms with Crippen molar-refractivity contribution in [3.63, 3.8) is 0 Å². The zero-order valence-electron chi connectivity index (χ0n) is 21.1. The van der Waals surface area contributed by atoms with Crippen molar-refractivity contribution in [3.05, 3.63) is 71.3 Å². The molecule has 3 aromatic heterocycles. The number of anilines is 1. The number of amides is 2. The first-order chi connectivity index (χ1) is 17.2. The Morgan fingerprint density at radius 1 is 1.14 bits per heavy atom. The SMILES string of the molecule is Cc1nn(C(C)(C)C)c2nc(C3CC3)cc(C(=O)NCc3cccc(NC(=O)Cn4cccn4)c3)c12. The normalized spacial score (nSPS) is 13.7. The van der Waals surface area contributed by atoms with Gasteiger partial charge in [0, 0.05) is 36.2 Å². The van der Waals surface area contributed by atoms with Gasteiger partial charge in [-0.1, -0.05) is 12.1 Å². The van der Waals surface area contributed by atoms with Crippen LogP contribution in [0.4, 0.5) is 5.69 Å². The van der Waals surface area contributed by atoms with Crippen LogP contribution in [0.15, 0.2) is 48.8 Å². The Labute approximate surface area is 209 Å². The number of aromatic nitrogens is 5. The summed E-state index contributed by atoms with van der Waals surface area (Å²) >= 11 is 0. The third-order valence-corrected chi connectivity index (χ3v) is 6.24. The van der Waals surface area contributed by atoms with E-state index in [0.717, 1.165) is 40.8 Å². The molecule has 0 spiro atoms. The number of nitrogens with zero attached hydrogens (tertiary/aromatic N) is 5. The van der Waals surface area contributed by atoms with Gasteiger partial charge < -0.3 is 10.6 Å². The van der Waals surface area contributed by atoms with Gasteiger partial charge in [-0.15, -0.1) is 0 Å². The summed E-state index contributed by atoms with van der Waals surface area (Å²) in [5.41, 5.74) is 4.42. The first-order valence-corrected chi connectivity index (χ1v) is 12.2. The lowest BCUT2D eigenvalue weighted by Crippen LogP contribution is -2.25. The second kappa shape index (κ2) is 9.22. The predicted molar refractivity (Wildman–Crippen MR) is 138 cm³/mol. The summed E-state index contributed by atoms with van der Waals surface area (Å²) in [5, 5.41) is 15.5. The average molecular weight is 486 g/mol. The molecule has 0 aliphatic heterocycles. The van der Waals surface area contributed by atoms with Gasteiger partial charge in [0.15, 0.2) is 5.65 Å². The molecule has 4 aromatic rings. The molecule has 0 bridgehead atoms. The smallest absolute Gasteiger partial charge is 0.252 e. The Kier molecular flexibility index (Phi) is 6.07. The molecule has 36 heavy (non-hydrogen) atoms. The molecular weight excluding hydrogens is 454 g/mol. The van der Waals surface area contributed by atoms with Crippen LogP contribution < -0.4 is 10.6 Å². The van der Waals surface area contributed by atoms with Gasteiger partial charge in [0.05, 0.1) is 22.2 Å². The maximum atomic E-state index is 13.4.